The zero-order valence-electron chi connectivity index (χ0n) is 7.49. The van der Waals surface area contributed by atoms with Crippen molar-refractivity contribution in [3.05, 3.63) is 24.3 Å². The minimum absolute atomic E-state index is 0.534. The van der Waals surface area contributed by atoms with Crippen molar-refractivity contribution in [2.45, 2.75) is 0 Å². The molecule has 0 spiro atoms. The van der Waals surface area contributed by atoms with Crippen LogP contribution in [0.4, 0.5) is 0 Å². The highest BCUT2D eigenvalue weighted by Gasteiger charge is 2.58. The Morgan fingerprint density at radius 2 is 1.85 bits per heavy atom. The second-order valence-corrected chi connectivity index (χ2v) is 2.59. The van der Waals surface area contributed by atoms with Crippen LogP contribution in [0.1, 0.15) is 0 Å². The summed E-state index contributed by atoms with van der Waals surface area (Å²) >= 11 is 0. The highest BCUT2D eigenvalue weighted by atomic mass is 16.5. The van der Waals surface area contributed by atoms with Gasteiger partial charge in [-0.15, -0.1) is 0 Å². The molecule has 0 aliphatic heterocycles. The van der Waals surface area contributed by atoms with Gasteiger partial charge in [-0.3, -0.25) is 9.59 Å². The molecular formula is C9H10O4. The molecule has 0 atom stereocenters. The number of hydrogen-bond donors (Lipinski definition) is 0. The minimum Gasteiger partial charge on any atom is -0.468 e. The lowest BCUT2D eigenvalue weighted by Gasteiger charge is -2.11. The summed E-state index contributed by atoms with van der Waals surface area (Å²) in [6.07, 6.45) is 2.91. The van der Waals surface area contributed by atoms with Crippen molar-refractivity contribution in [2.75, 3.05) is 14.2 Å². The van der Waals surface area contributed by atoms with Crippen molar-refractivity contribution in [3.8, 4) is 0 Å². The van der Waals surface area contributed by atoms with Crippen molar-refractivity contribution < 1.29 is 19.1 Å². The summed E-state index contributed by atoms with van der Waals surface area (Å²) in [7, 11) is 2.44. The van der Waals surface area contributed by atoms with E-state index >= 15 is 0 Å². The summed E-state index contributed by atoms with van der Waals surface area (Å²) in [5, 5.41) is 0. The Morgan fingerprint density at radius 1 is 1.38 bits per heavy atom. The second kappa shape index (κ2) is 3.05. The number of ether oxygens (including phenoxy) is 2. The van der Waals surface area contributed by atoms with Crippen LogP contribution in [0.25, 0.3) is 0 Å². The molecule has 4 nitrogen and oxygen atoms in total. The monoisotopic (exact) mass is 182 g/mol. The maximum absolute atomic E-state index is 11.2. The molecule has 1 aliphatic carbocycles. The van der Waals surface area contributed by atoms with Crippen LogP contribution in [0.5, 0.6) is 0 Å². The summed E-state index contributed by atoms with van der Waals surface area (Å²) in [6.45, 7) is 3.47. The molecule has 0 radical (unpaired) electrons. The molecule has 0 fully saturated rings. The van der Waals surface area contributed by atoms with Crippen LogP contribution >= 0.6 is 0 Å². The van der Waals surface area contributed by atoms with Gasteiger partial charge in [0.25, 0.3) is 0 Å². The van der Waals surface area contributed by atoms with Gasteiger partial charge in [0.05, 0.1) is 14.2 Å². The van der Waals surface area contributed by atoms with Crippen molar-refractivity contribution in [3.63, 3.8) is 0 Å². The third-order valence-electron chi connectivity index (χ3n) is 1.98. The van der Waals surface area contributed by atoms with Gasteiger partial charge in [0.1, 0.15) is 0 Å². The average Bonchev–Trinajstić information content (AvgIpc) is 2.91. The Hall–Kier alpha value is -1.58. The van der Waals surface area contributed by atoms with Gasteiger partial charge in [-0.25, -0.2) is 0 Å². The van der Waals surface area contributed by atoms with E-state index in [1.54, 1.807) is 0 Å². The molecule has 0 aromatic carbocycles. The fraction of sp³-hybridized carbons (Fsp3) is 0.333. The molecule has 1 rings (SSSR count). The Labute approximate surface area is 75.8 Å². The van der Waals surface area contributed by atoms with Gasteiger partial charge >= 0.3 is 11.9 Å². The largest absolute Gasteiger partial charge is 0.468 e. The van der Waals surface area contributed by atoms with E-state index in [9.17, 15) is 9.59 Å². The number of methoxy groups -OCH3 is 2. The standard InChI is InChI=1S/C9H10O4/c1-4-6-5-9(6,7(10)12-2)8(11)13-3/h4-5H,1H2,2-3H3. The highest BCUT2D eigenvalue weighted by Crippen LogP contribution is 2.46. The zero-order chi connectivity index (χ0) is 10.1. The fourth-order valence-corrected chi connectivity index (χ4v) is 1.18. The first-order valence-electron chi connectivity index (χ1n) is 3.66. The van der Waals surface area contributed by atoms with E-state index in [4.69, 9.17) is 0 Å². The van der Waals surface area contributed by atoms with Crippen molar-refractivity contribution in [1.82, 2.24) is 0 Å². The lowest BCUT2D eigenvalue weighted by molar-refractivity contribution is -0.159. The molecular weight excluding hydrogens is 172 g/mol. The molecule has 0 saturated carbocycles. The van der Waals surface area contributed by atoms with Crippen LogP contribution in [0.2, 0.25) is 0 Å². The van der Waals surface area contributed by atoms with Gasteiger partial charge in [-0.05, 0) is 11.6 Å². The number of carbonyl (C=O) groups excluding carboxylic acids is 2. The average molecular weight is 182 g/mol. The van der Waals surface area contributed by atoms with Crippen LogP contribution < -0.4 is 0 Å². The van der Waals surface area contributed by atoms with Crippen molar-refractivity contribution in [1.29, 1.82) is 0 Å². The van der Waals surface area contributed by atoms with Crippen molar-refractivity contribution in [2.24, 2.45) is 5.41 Å². The van der Waals surface area contributed by atoms with Gasteiger partial charge in [-0.2, -0.15) is 0 Å². The van der Waals surface area contributed by atoms with Crippen LogP contribution in [-0.2, 0) is 19.1 Å². The molecule has 0 heterocycles. The lowest BCUT2D eigenvalue weighted by Crippen LogP contribution is -2.31. The highest BCUT2D eigenvalue weighted by molar-refractivity contribution is 6.11. The number of rotatable bonds is 3. The second-order valence-electron chi connectivity index (χ2n) is 2.59. The predicted octanol–water partition coefficient (Wildman–Crippen LogP) is 0.445. The van der Waals surface area contributed by atoms with Gasteiger partial charge in [0.15, 0.2) is 0 Å². The topological polar surface area (TPSA) is 52.6 Å². The Balaban J connectivity index is 2.88. The molecule has 0 N–H and O–H groups in total. The maximum atomic E-state index is 11.2. The number of esters is 2. The van der Waals surface area contributed by atoms with E-state index < -0.39 is 17.4 Å². The number of carbonyl (C=O) groups is 2. The lowest BCUT2D eigenvalue weighted by atomic mass is 10.0. The summed E-state index contributed by atoms with van der Waals surface area (Å²) in [5.41, 5.74) is -0.781. The van der Waals surface area contributed by atoms with Crippen LogP contribution in [0.15, 0.2) is 24.3 Å². The number of allylic oxidation sites excluding steroid dienone is 1. The Morgan fingerprint density at radius 3 is 2.08 bits per heavy atom. The minimum atomic E-state index is -1.31. The zero-order valence-corrected chi connectivity index (χ0v) is 7.49. The summed E-state index contributed by atoms with van der Waals surface area (Å²) in [6, 6.07) is 0. The molecule has 13 heavy (non-hydrogen) atoms. The smallest absolute Gasteiger partial charge is 0.331 e. The van der Waals surface area contributed by atoms with E-state index in [1.807, 2.05) is 0 Å². The maximum Gasteiger partial charge on any atom is 0.331 e. The fourth-order valence-electron chi connectivity index (χ4n) is 1.18. The first-order chi connectivity index (χ1) is 6.13. The molecule has 0 aromatic rings. The molecule has 0 unspecified atom stereocenters. The Bertz CT molecular complexity index is 285. The van der Waals surface area contributed by atoms with E-state index in [2.05, 4.69) is 16.1 Å². The van der Waals surface area contributed by atoms with E-state index in [0.717, 1.165) is 0 Å². The van der Waals surface area contributed by atoms with Gasteiger partial charge in [0.2, 0.25) is 5.41 Å². The quantitative estimate of drug-likeness (QED) is 0.469. The summed E-state index contributed by atoms with van der Waals surface area (Å²) in [5.74, 6) is -1.26. The number of hydrogen-bond acceptors (Lipinski definition) is 4. The van der Waals surface area contributed by atoms with Crippen LogP contribution in [0, 0.1) is 5.41 Å². The van der Waals surface area contributed by atoms with Gasteiger partial charge in [-0.1, -0.05) is 12.7 Å². The third kappa shape index (κ3) is 1.14. The Kier molecular flexibility index (Phi) is 2.23. The SMILES string of the molecule is C=CC1=CC1(C(=O)OC)C(=O)OC. The molecule has 0 bridgehead atoms. The van der Waals surface area contributed by atoms with E-state index in [1.165, 1.54) is 26.4 Å². The third-order valence-corrected chi connectivity index (χ3v) is 1.98. The first kappa shape index (κ1) is 9.51. The molecule has 70 valence electrons. The summed E-state index contributed by atoms with van der Waals surface area (Å²) in [4.78, 5) is 22.5. The van der Waals surface area contributed by atoms with Crippen LogP contribution in [-0.4, -0.2) is 26.2 Å². The van der Waals surface area contributed by atoms with E-state index in [-0.39, 0.29) is 0 Å². The first-order valence-corrected chi connectivity index (χ1v) is 3.66. The van der Waals surface area contributed by atoms with Crippen LogP contribution in [0.3, 0.4) is 0 Å². The predicted molar refractivity (Wildman–Crippen MR) is 44.7 cm³/mol. The normalized spacial score (nSPS) is 16.9. The van der Waals surface area contributed by atoms with E-state index in [0.29, 0.717) is 5.57 Å². The van der Waals surface area contributed by atoms with Crippen molar-refractivity contribution >= 4 is 11.9 Å². The molecule has 0 amide bonds. The molecule has 1 aliphatic rings. The van der Waals surface area contributed by atoms with Gasteiger partial charge < -0.3 is 9.47 Å². The molecule has 0 aromatic heterocycles. The molecule has 0 saturated heterocycles. The summed E-state index contributed by atoms with van der Waals surface area (Å²) < 4.78 is 8.99. The molecule has 4 heteroatoms. The van der Waals surface area contributed by atoms with Gasteiger partial charge in [0, 0.05) is 0 Å².